The molecule has 3 aromatic carbocycles. The molecule has 0 aliphatic heterocycles. The SMILES string of the molecule is Cc1ccccc1Nc1cc(Cc2ccccc2)nc(Nc2ccccc2C)n1.Cl. The van der Waals surface area contributed by atoms with Crippen molar-refractivity contribution in [2.24, 2.45) is 0 Å². The van der Waals surface area contributed by atoms with E-state index in [1.807, 2.05) is 42.5 Å². The number of para-hydroxylation sites is 2. The van der Waals surface area contributed by atoms with Crippen LogP contribution in [0.2, 0.25) is 0 Å². The van der Waals surface area contributed by atoms with Crippen molar-refractivity contribution in [1.82, 2.24) is 9.97 Å². The van der Waals surface area contributed by atoms with Crippen LogP contribution in [0.25, 0.3) is 0 Å². The van der Waals surface area contributed by atoms with Gasteiger partial charge in [0.15, 0.2) is 0 Å². The third kappa shape index (κ3) is 5.37. The lowest BCUT2D eigenvalue weighted by atomic mass is 10.1. The Morgan fingerprint density at radius 2 is 1.23 bits per heavy atom. The second-order valence-electron chi connectivity index (χ2n) is 7.11. The number of hydrogen-bond acceptors (Lipinski definition) is 4. The standard InChI is InChI=1S/C25H24N4.ClH/c1-18-10-6-8-14-22(18)27-24-17-21(16-20-12-4-3-5-13-20)26-25(29-24)28-23-15-9-7-11-19(23)2;/h3-15,17H,16H2,1-2H3,(H2,26,27,28,29);1H. The summed E-state index contributed by atoms with van der Waals surface area (Å²) < 4.78 is 0. The fraction of sp³-hybridized carbons (Fsp3) is 0.120. The summed E-state index contributed by atoms with van der Waals surface area (Å²) >= 11 is 0. The molecule has 5 heteroatoms. The first-order valence-electron chi connectivity index (χ1n) is 9.74. The molecule has 30 heavy (non-hydrogen) atoms. The van der Waals surface area contributed by atoms with Gasteiger partial charge in [0.25, 0.3) is 0 Å². The van der Waals surface area contributed by atoms with Crippen LogP contribution in [-0.2, 0) is 6.42 Å². The smallest absolute Gasteiger partial charge is 0.229 e. The predicted molar refractivity (Wildman–Crippen MR) is 127 cm³/mol. The third-order valence-corrected chi connectivity index (χ3v) is 4.81. The molecule has 4 aromatic rings. The molecule has 0 spiro atoms. The van der Waals surface area contributed by atoms with E-state index >= 15 is 0 Å². The number of nitrogens with one attached hydrogen (secondary N) is 2. The summed E-state index contributed by atoms with van der Waals surface area (Å²) in [7, 11) is 0. The van der Waals surface area contributed by atoms with Gasteiger partial charge in [0.05, 0.1) is 5.69 Å². The van der Waals surface area contributed by atoms with E-state index in [1.54, 1.807) is 0 Å². The van der Waals surface area contributed by atoms with Crippen molar-refractivity contribution in [3.05, 3.63) is 107 Å². The Hall–Kier alpha value is -3.37. The summed E-state index contributed by atoms with van der Waals surface area (Å²) in [5.41, 5.74) is 6.54. The van der Waals surface area contributed by atoms with E-state index in [-0.39, 0.29) is 12.4 Å². The Bertz CT molecular complexity index is 1050. The average Bonchev–Trinajstić information content (AvgIpc) is 2.72. The van der Waals surface area contributed by atoms with Crippen LogP contribution in [0.4, 0.5) is 23.1 Å². The summed E-state index contributed by atoms with van der Waals surface area (Å²) in [6, 6.07) is 28.7. The molecule has 1 aromatic heterocycles. The van der Waals surface area contributed by atoms with Crippen molar-refractivity contribution >= 4 is 35.5 Å². The molecule has 0 saturated heterocycles. The van der Waals surface area contributed by atoms with Crippen LogP contribution in [0.15, 0.2) is 84.9 Å². The van der Waals surface area contributed by atoms with E-state index in [4.69, 9.17) is 9.97 Å². The van der Waals surface area contributed by atoms with Gasteiger partial charge < -0.3 is 10.6 Å². The lowest BCUT2D eigenvalue weighted by Gasteiger charge is -2.13. The van der Waals surface area contributed by atoms with Gasteiger partial charge >= 0.3 is 0 Å². The van der Waals surface area contributed by atoms with Crippen molar-refractivity contribution in [2.75, 3.05) is 10.6 Å². The largest absolute Gasteiger partial charge is 0.340 e. The van der Waals surface area contributed by atoms with Crippen LogP contribution in [0.5, 0.6) is 0 Å². The van der Waals surface area contributed by atoms with Crippen molar-refractivity contribution in [1.29, 1.82) is 0 Å². The first kappa shape index (κ1) is 21.3. The molecule has 152 valence electrons. The number of benzene rings is 3. The van der Waals surface area contributed by atoms with Crippen molar-refractivity contribution < 1.29 is 0 Å². The average molecular weight is 417 g/mol. The van der Waals surface area contributed by atoms with E-state index in [9.17, 15) is 0 Å². The Morgan fingerprint density at radius 1 is 0.667 bits per heavy atom. The molecule has 0 atom stereocenters. The summed E-state index contributed by atoms with van der Waals surface area (Å²) in [6.45, 7) is 4.16. The normalized spacial score (nSPS) is 10.2. The van der Waals surface area contributed by atoms with Gasteiger partial charge in [-0.05, 0) is 42.7 Å². The van der Waals surface area contributed by atoms with Gasteiger partial charge in [-0.1, -0.05) is 66.7 Å². The number of anilines is 4. The van der Waals surface area contributed by atoms with E-state index in [1.165, 1.54) is 11.1 Å². The first-order valence-corrected chi connectivity index (χ1v) is 9.74. The topological polar surface area (TPSA) is 49.8 Å². The molecule has 0 saturated carbocycles. The van der Waals surface area contributed by atoms with Crippen LogP contribution >= 0.6 is 12.4 Å². The number of halogens is 1. The highest BCUT2D eigenvalue weighted by Crippen LogP contribution is 2.23. The molecule has 0 fully saturated rings. The summed E-state index contributed by atoms with van der Waals surface area (Å²) in [6.07, 6.45) is 0.744. The zero-order chi connectivity index (χ0) is 20.1. The van der Waals surface area contributed by atoms with Gasteiger partial charge in [-0.3, -0.25) is 0 Å². The minimum atomic E-state index is 0. The van der Waals surface area contributed by atoms with Crippen LogP contribution in [0, 0.1) is 13.8 Å². The Kier molecular flexibility index (Phi) is 7.04. The number of rotatable bonds is 6. The molecular weight excluding hydrogens is 392 g/mol. The highest BCUT2D eigenvalue weighted by molar-refractivity contribution is 5.85. The Morgan fingerprint density at radius 3 is 1.87 bits per heavy atom. The molecule has 4 nitrogen and oxygen atoms in total. The molecule has 1 heterocycles. The van der Waals surface area contributed by atoms with E-state index in [0.717, 1.165) is 34.9 Å². The van der Waals surface area contributed by atoms with Crippen LogP contribution in [0.1, 0.15) is 22.4 Å². The molecule has 0 aliphatic rings. The van der Waals surface area contributed by atoms with Crippen molar-refractivity contribution in [3.63, 3.8) is 0 Å². The third-order valence-electron chi connectivity index (χ3n) is 4.81. The maximum absolute atomic E-state index is 4.77. The van der Waals surface area contributed by atoms with Gasteiger partial charge in [0, 0.05) is 23.9 Å². The number of aromatic nitrogens is 2. The monoisotopic (exact) mass is 416 g/mol. The molecule has 0 bridgehead atoms. The molecule has 2 N–H and O–H groups in total. The minimum absolute atomic E-state index is 0. The minimum Gasteiger partial charge on any atom is -0.340 e. The van der Waals surface area contributed by atoms with Gasteiger partial charge in [-0.2, -0.15) is 4.98 Å². The number of hydrogen-bond donors (Lipinski definition) is 2. The van der Waals surface area contributed by atoms with Gasteiger partial charge in [-0.15, -0.1) is 12.4 Å². The fourth-order valence-electron chi connectivity index (χ4n) is 3.20. The molecule has 0 aliphatic carbocycles. The van der Waals surface area contributed by atoms with Crippen molar-refractivity contribution in [2.45, 2.75) is 20.3 Å². The zero-order valence-corrected chi connectivity index (χ0v) is 17.9. The molecule has 0 radical (unpaired) electrons. The second kappa shape index (κ2) is 9.90. The van der Waals surface area contributed by atoms with Crippen LogP contribution < -0.4 is 10.6 Å². The number of aryl methyl sites for hydroxylation is 2. The lowest BCUT2D eigenvalue weighted by Crippen LogP contribution is -2.05. The lowest BCUT2D eigenvalue weighted by molar-refractivity contribution is 1.03. The summed E-state index contributed by atoms with van der Waals surface area (Å²) in [5.74, 6) is 1.36. The molecule has 0 amide bonds. The van der Waals surface area contributed by atoms with E-state index in [2.05, 4.69) is 66.9 Å². The summed E-state index contributed by atoms with van der Waals surface area (Å²) in [4.78, 5) is 9.48. The summed E-state index contributed by atoms with van der Waals surface area (Å²) in [5, 5.41) is 6.82. The van der Waals surface area contributed by atoms with E-state index < -0.39 is 0 Å². The second-order valence-corrected chi connectivity index (χ2v) is 7.11. The molecule has 0 unspecified atom stereocenters. The highest BCUT2D eigenvalue weighted by Gasteiger charge is 2.09. The van der Waals surface area contributed by atoms with Gasteiger partial charge in [-0.25, -0.2) is 4.98 Å². The van der Waals surface area contributed by atoms with Gasteiger partial charge in [0.2, 0.25) is 5.95 Å². The zero-order valence-electron chi connectivity index (χ0n) is 17.1. The molecule has 4 rings (SSSR count). The highest BCUT2D eigenvalue weighted by atomic mass is 35.5. The Labute approximate surface area is 183 Å². The molecular formula is C25H25ClN4. The maximum Gasteiger partial charge on any atom is 0.229 e. The van der Waals surface area contributed by atoms with Crippen LogP contribution in [0.3, 0.4) is 0 Å². The van der Waals surface area contributed by atoms with Gasteiger partial charge in [0.1, 0.15) is 5.82 Å². The number of nitrogens with zero attached hydrogens (tertiary/aromatic N) is 2. The first-order chi connectivity index (χ1) is 14.2. The van der Waals surface area contributed by atoms with Crippen LogP contribution in [-0.4, -0.2) is 9.97 Å². The predicted octanol–water partition coefficient (Wildman–Crippen LogP) is 6.59. The maximum atomic E-state index is 4.77. The van der Waals surface area contributed by atoms with Crippen molar-refractivity contribution in [3.8, 4) is 0 Å². The van der Waals surface area contributed by atoms with E-state index in [0.29, 0.717) is 5.95 Å². The quantitative estimate of drug-likeness (QED) is 0.372. The Balaban J connectivity index is 0.00000256. The fourth-order valence-corrected chi connectivity index (χ4v) is 3.20.